The number of benzene rings is 2. The maximum Gasteiger partial charge on any atom is 0.439 e. The number of H-pyrrole nitrogens is 1. The van der Waals surface area contributed by atoms with Crippen LogP contribution in [-0.2, 0) is 13.2 Å². The Kier molecular flexibility index (Phi) is 5.55. The van der Waals surface area contributed by atoms with E-state index in [2.05, 4.69) is 20.0 Å². The fourth-order valence-electron chi connectivity index (χ4n) is 2.66. The first-order chi connectivity index (χ1) is 13.1. The molecule has 0 aliphatic heterocycles. The fourth-order valence-corrected chi connectivity index (χ4v) is 2.66. The number of nitrogens with zero attached hydrogens (tertiary/aromatic N) is 1. The maximum atomic E-state index is 12.6. The molecule has 0 bridgehead atoms. The summed E-state index contributed by atoms with van der Waals surface area (Å²) in [6, 6.07) is 12.6. The van der Waals surface area contributed by atoms with E-state index in [1.54, 1.807) is 31.4 Å². The molecule has 0 saturated heterocycles. The van der Waals surface area contributed by atoms with E-state index in [0.29, 0.717) is 17.9 Å². The quantitative estimate of drug-likeness (QED) is 0.661. The van der Waals surface area contributed by atoms with Crippen LogP contribution in [0, 0.1) is 6.92 Å². The Hall–Kier alpha value is -3.55. The summed E-state index contributed by atoms with van der Waals surface area (Å²) in [7, 11) is 1.60. The van der Waals surface area contributed by atoms with Crippen molar-refractivity contribution >= 4 is 5.91 Å². The van der Waals surface area contributed by atoms with Gasteiger partial charge in [0.15, 0.2) is 5.82 Å². The number of nitrogens with one attached hydrogen (secondary N) is 2. The van der Waals surface area contributed by atoms with Crippen LogP contribution in [0.2, 0.25) is 0 Å². The Labute approximate surface area is 155 Å². The summed E-state index contributed by atoms with van der Waals surface area (Å²) < 4.78 is 15.4. The van der Waals surface area contributed by atoms with E-state index in [4.69, 9.17) is 9.47 Å². The van der Waals surface area contributed by atoms with Crippen LogP contribution in [0.3, 0.4) is 0 Å². The molecular weight excluding hydrogens is 350 g/mol. The van der Waals surface area contributed by atoms with Crippen molar-refractivity contribution in [2.45, 2.75) is 20.1 Å². The summed E-state index contributed by atoms with van der Waals surface area (Å²) in [4.78, 5) is 26.0. The van der Waals surface area contributed by atoms with Gasteiger partial charge < -0.3 is 14.8 Å². The third kappa shape index (κ3) is 4.35. The monoisotopic (exact) mass is 369 g/mol. The van der Waals surface area contributed by atoms with E-state index < -0.39 is 5.76 Å². The van der Waals surface area contributed by atoms with Crippen LogP contribution in [-0.4, -0.2) is 23.2 Å². The first-order valence-electron chi connectivity index (χ1n) is 8.26. The Balaban J connectivity index is 1.70. The summed E-state index contributed by atoms with van der Waals surface area (Å²) in [6.45, 7) is 2.23. The van der Waals surface area contributed by atoms with Gasteiger partial charge >= 0.3 is 5.76 Å². The summed E-state index contributed by atoms with van der Waals surface area (Å²) in [5.41, 5.74) is 2.24. The van der Waals surface area contributed by atoms with Gasteiger partial charge in [-0.2, -0.15) is 0 Å². The lowest BCUT2D eigenvalue weighted by Crippen LogP contribution is -2.24. The van der Waals surface area contributed by atoms with Crippen molar-refractivity contribution in [2.24, 2.45) is 0 Å². The average Bonchev–Trinajstić information content (AvgIpc) is 3.10. The van der Waals surface area contributed by atoms with Gasteiger partial charge in [0, 0.05) is 12.1 Å². The van der Waals surface area contributed by atoms with Crippen LogP contribution < -0.4 is 20.5 Å². The van der Waals surface area contributed by atoms with E-state index in [9.17, 15) is 9.59 Å². The number of rotatable bonds is 7. The third-order valence-electron chi connectivity index (χ3n) is 3.92. The maximum absolute atomic E-state index is 12.6. The van der Waals surface area contributed by atoms with E-state index in [1.807, 2.05) is 25.1 Å². The molecule has 3 rings (SSSR count). The number of amides is 1. The molecule has 8 heteroatoms. The van der Waals surface area contributed by atoms with Crippen molar-refractivity contribution in [1.29, 1.82) is 0 Å². The van der Waals surface area contributed by atoms with E-state index >= 15 is 0 Å². The second kappa shape index (κ2) is 8.22. The van der Waals surface area contributed by atoms with Crippen molar-refractivity contribution < 1.29 is 18.8 Å². The lowest BCUT2D eigenvalue weighted by Gasteiger charge is -2.13. The zero-order valence-electron chi connectivity index (χ0n) is 14.9. The predicted molar refractivity (Wildman–Crippen MR) is 96.8 cm³/mol. The van der Waals surface area contributed by atoms with Gasteiger partial charge in [-0.05, 0) is 24.6 Å². The minimum Gasteiger partial charge on any atom is -0.496 e. The number of methoxy groups -OCH3 is 1. The predicted octanol–water partition coefficient (Wildman–Crippen LogP) is 2.19. The Bertz CT molecular complexity index is 993. The smallest absolute Gasteiger partial charge is 0.439 e. The van der Waals surface area contributed by atoms with Crippen molar-refractivity contribution in [3.63, 3.8) is 0 Å². The lowest BCUT2D eigenvalue weighted by atomic mass is 10.1. The molecule has 1 amide bonds. The molecule has 0 unspecified atom stereocenters. The van der Waals surface area contributed by atoms with Crippen molar-refractivity contribution in [2.75, 3.05) is 7.11 Å². The van der Waals surface area contributed by atoms with Crippen LogP contribution in [0.1, 0.15) is 27.3 Å². The Morgan fingerprint density at radius 1 is 1.22 bits per heavy atom. The first-order valence-corrected chi connectivity index (χ1v) is 8.26. The highest BCUT2D eigenvalue weighted by Gasteiger charge is 2.14. The number of carbonyl (C=O) groups is 1. The molecule has 0 aliphatic carbocycles. The van der Waals surface area contributed by atoms with Crippen LogP contribution in [0.25, 0.3) is 0 Å². The standard InChI is InChI=1S/C19H19N3O5/c1-12-6-5-7-13(17(12)25-2)10-20-18(23)14-8-3-4-9-15(14)26-11-16-21-19(24)27-22-16/h3-9H,10-11H2,1-2H3,(H,20,23)(H,21,22,24). The molecule has 0 aliphatic rings. The van der Waals surface area contributed by atoms with Gasteiger partial charge in [-0.1, -0.05) is 35.5 Å². The summed E-state index contributed by atoms with van der Waals surface area (Å²) >= 11 is 0. The van der Waals surface area contributed by atoms with Crippen LogP contribution in [0.4, 0.5) is 0 Å². The number of aromatic nitrogens is 2. The van der Waals surface area contributed by atoms with Crippen molar-refractivity contribution in [1.82, 2.24) is 15.5 Å². The van der Waals surface area contributed by atoms with Gasteiger partial charge in [0.25, 0.3) is 5.91 Å². The molecule has 0 atom stereocenters. The van der Waals surface area contributed by atoms with Crippen molar-refractivity contribution in [3.05, 3.63) is 75.5 Å². The molecule has 0 spiro atoms. The van der Waals surface area contributed by atoms with E-state index in [1.165, 1.54) is 0 Å². The van der Waals surface area contributed by atoms with E-state index in [-0.39, 0.29) is 18.3 Å². The van der Waals surface area contributed by atoms with Gasteiger partial charge in [-0.25, -0.2) is 4.79 Å². The summed E-state index contributed by atoms with van der Waals surface area (Å²) in [6.07, 6.45) is 0. The van der Waals surface area contributed by atoms with Crippen molar-refractivity contribution in [3.8, 4) is 11.5 Å². The molecule has 0 radical (unpaired) electrons. The number of aryl methyl sites for hydroxylation is 1. The SMILES string of the molecule is COc1c(C)cccc1CNC(=O)c1ccccc1OCc1noc(=O)[nH]1. The molecule has 3 aromatic rings. The minimum absolute atomic E-state index is 0.0261. The number of hydrogen-bond donors (Lipinski definition) is 2. The molecule has 8 nitrogen and oxygen atoms in total. The number of hydrogen-bond acceptors (Lipinski definition) is 6. The zero-order chi connectivity index (χ0) is 19.2. The third-order valence-corrected chi connectivity index (χ3v) is 3.92. The van der Waals surface area contributed by atoms with Gasteiger partial charge in [0.1, 0.15) is 18.1 Å². The topological polar surface area (TPSA) is 106 Å². The normalized spacial score (nSPS) is 10.4. The zero-order valence-corrected chi connectivity index (χ0v) is 14.9. The molecule has 0 fully saturated rings. The number of ether oxygens (including phenoxy) is 2. The Morgan fingerprint density at radius 3 is 2.78 bits per heavy atom. The molecule has 0 saturated carbocycles. The molecule has 27 heavy (non-hydrogen) atoms. The summed E-state index contributed by atoms with van der Waals surface area (Å²) in [5.74, 6) is 0.404. The van der Waals surface area contributed by atoms with Gasteiger partial charge in [0.05, 0.1) is 12.7 Å². The summed E-state index contributed by atoms with van der Waals surface area (Å²) in [5, 5.41) is 6.40. The first kappa shape index (κ1) is 18.2. The van der Waals surface area contributed by atoms with Crippen LogP contribution in [0.15, 0.2) is 51.8 Å². The molecule has 1 heterocycles. The van der Waals surface area contributed by atoms with Gasteiger partial charge in [-0.15, -0.1) is 0 Å². The molecule has 2 aromatic carbocycles. The highest BCUT2D eigenvalue weighted by atomic mass is 16.5. The second-order valence-electron chi connectivity index (χ2n) is 5.78. The number of aromatic amines is 1. The van der Waals surface area contributed by atoms with E-state index in [0.717, 1.165) is 16.9 Å². The molecule has 140 valence electrons. The lowest BCUT2D eigenvalue weighted by molar-refractivity contribution is 0.0946. The largest absolute Gasteiger partial charge is 0.496 e. The second-order valence-corrected chi connectivity index (χ2v) is 5.78. The Morgan fingerprint density at radius 2 is 2.04 bits per heavy atom. The molecule has 2 N–H and O–H groups in total. The van der Waals surface area contributed by atoms with Gasteiger partial charge in [-0.3, -0.25) is 14.3 Å². The fraction of sp³-hybridized carbons (Fsp3) is 0.211. The average molecular weight is 369 g/mol. The highest BCUT2D eigenvalue weighted by Crippen LogP contribution is 2.23. The minimum atomic E-state index is -0.660. The number of para-hydroxylation sites is 2. The molecule has 1 aromatic heterocycles. The van der Waals surface area contributed by atoms with Crippen LogP contribution in [0.5, 0.6) is 11.5 Å². The van der Waals surface area contributed by atoms with Gasteiger partial charge in [0.2, 0.25) is 0 Å². The molecular formula is C19H19N3O5. The number of carbonyl (C=O) groups excluding carboxylic acids is 1. The van der Waals surface area contributed by atoms with Crippen LogP contribution >= 0.6 is 0 Å². The highest BCUT2D eigenvalue weighted by molar-refractivity contribution is 5.96.